The summed E-state index contributed by atoms with van der Waals surface area (Å²) in [6.07, 6.45) is -1.01. The molecule has 3 rings (SSSR count). The van der Waals surface area contributed by atoms with Crippen molar-refractivity contribution < 1.29 is 23.8 Å². The average molecular weight is 338 g/mol. The van der Waals surface area contributed by atoms with Gasteiger partial charge in [-0.3, -0.25) is 4.79 Å². The molecule has 2 aromatic carbocycles. The number of ether oxygens (including phenoxy) is 3. The van der Waals surface area contributed by atoms with Gasteiger partial charge in [-0.2, -0.15) is 5.26 Å². The summed E-state index contributed by atoms with van der Waals surface area (Å²) < 4.78 is 15.6. The standard InChI is InChI=1S/C18H14N2O5/c1-11(25-18(22)13-4-2-3-12(7-13)9-19)17(21)20-14-5-6-15-16(8-14)24-10-23-15/h2-8,11H,10H2,1H3,(H,20,21)/t11-/m0/s1. The van der Waals surface area contributed by atoms with Crippen LogP contribution in [0.1, 0.15) is 22.8 Å². The minimum Gasteiger partial charge on any atom is -0.454 e. The lowest BCUT2D eigenvalue weighted by Crippen LogP contribution is -2.30. The Bertz CT molecular complexity index is 872. The van der Waals surface area contributed by atoms with Crippen LogP contribution in [0.5, 0.6) is 11.5 Å². The molecule has 1 amide bonds. The normalized spacial score (nSPS) is 12.8. The second-order valence-electron chi connectivity index (χ2n) is 5.30. The Morgan fingerprint density at radius 3 is 2.80 bits per heavy atom. The summed E-state index contributed by atoms with van der Waals surface area (Å²) in [7, 11) is 0. The lowest BCUT2D eigenvalue weighted by Gasteiger charge is -2.14. The van der Waals surface area contributed by atoms with Crippen molar-refractivity contribution in [3.05, 3.63) is 53.6 Å². The van der Waals surface area contributed by atoms with E-state index in [1.807, 2.05) is 6.07 Å². The molecule has 1 heterocycles. The highest BCUT2D eigenvalue weighted by Crippen LogP contribution is 2.34. The lowest BCUT2D eigenvalue weighted by molar-refractivity contribution is -0.123. The Kier molecular flexibility index (Phi) is 4.53. The SMILES string of the molecule is C[C@H](OC(=O)c1cccc(C#N)c1)C(=O)Nc1ccc2c(c1)OCO2. The predicted octanol–water partition coefficient (Wildman–Crippen LogP) is 2.47. The number of esters is 1. The van der Waals surface area contributed by atoms with Crippen molar-refractivity contribution in [3.8, 4) is 17.6 Å². The third-order valence-corrected chi connectivity index (χ3v) is 3.52. The third-order valence-electron chi connectivity index (χ3n) is 3.52. The third kappa shape index (κ3) is 3.70. The average Bonchev–Trinajstić information content (AvgIpc) is 3.09. The maximum absolute atomic E-state index is 12.2. The van der Waals surface area contributed by atoms with Crippen molar-refractivity contribution in [1.82, 2.24) is 0 Å². The fraction of sp³-hybridized carbons (Fsp3) is 0.167. The number of hydrogen-bond donors (Lipinski definition) is 1. The highest BCUT2D eigenvalue weighted by Gasteiger charge is 2.20. The number of nitrogens with one attached hydrogen (secondary N) is 1. The van der Waals surface area contributed by atoms with E-state index in [1.54, 1.807) is 30.3 Å². The molecule has 7 nitrogen and oxygen atoms in total. The van der Waals surface area contributed by atoms with Crippen LogP contribution in [0.25, 0.3) is 0 Å². The first-order valence-corrected chi connectivity index (χ1v) is 7.48. The Hall–Kier alpha value is -3.53. The Labute approximate surface area is 143 Å². The Morgan fingerprint density at radius 1 is 1.20 bits per heavy atom. The maximum atomic E-state index is 12.2. The highest BCUT2D eigenvalue weighted by molar-refractivity contribution is 5.97. The number of amides is 1. The van der Waals surface area contributed by atoms with Crippen LogP contribution in [0.15, 0.2) is 42.5 Å². The van der Waals surface area contributed by atoms with Crippen LogP contribution in [-0.2, 0) is 9.53 Å². The Morgan fingerprint density at radius 2 is 2.00 bits per heavy atom. The van der Waals surface area contributed by atoms with Crippen LogP contribution in [0.4, 0.5) is 5.69 Å². The van der Waals surface area contributed by atoms with Crippen molar-refractivity contribution in [2.45, 2.75) is 13.0 Å². The molecule has 0 saturated heterocycles. The summed E-state index contributed by atoms with van der Waals surface area (Å²) in [4.78, 5) is 24.3. The van der Waals surface area contributed by atoms with Gasteiger partial charge in [0.05, 0.1) is 17.2 Å². The van der Waals surface area contributed by atoms with E-state index < -0.39 is 18.0 Å². The van der Waals surface area contributed by atoms with E-state index >= 15 is 0 Å². The fourth-order valence-electron chi connectivity index (χ4n) is 2.22. The van der Waals surface area contributed by atoms with Gasteiger partial charge < -0.3 is 19.5 Å². The highest BCUT2D eigenvalue weighted by atomic mass is 16.7. The molecule has 0 fully saturated rings. The van der Waals surface area contributed by atoms with Crippen molar-refractivity contribution in [3.63, 3.8) is 0 Å². The van der Waals surface area contributed by atoms with E-state index in [0.29, 0.717) is 22.7 Å². The monoisotopic (exact) mass is 338 g/mol. The zero-order chi connectivity index (χ0) is 17.8. The molecule has 0 aromatic heterocycles. The minimum atomic E-state index is -1.01. The topological polar surface area (TPSA) is 97.7 Å². The number of carbonyl (C=O) groups is 2. The fourth-order valence-corrected chi connectivity index (χ4v) is 2.22. The Balaban J connectivity index is 1.62. The zero-order valence-corrected chi connectivity index (χ0v) is 13.3. The first-order chi connectivity index (χ1) is 12.1. The number of benzene rings is 2. The summed E-state index contributed by atoms with van der Waals surface area (Å²) in [5, 5.41) is 11.5. The van der Waals surface area contributed by atoms with Gasteiger partial charge in [-0.05, 0) is 37.3 Å². The molecular weight excluding hydrogens is 324 g/mol. The summed E-state index contributed by atoms with van der Waals surface area (Å²) in [5.41, 5.74) is 1.05. The summed E-state index contributed by atoms with van der Waals surface area (Å²) in [6.45, 7) is 1.61. The summed E-state index contributed by atoms with van der Waals surface area (Å²) >= 11 is 0. The van der Waals surface area contributed by atoms with Gasteiger partial charge in [0.15, 0.2) is 17.6 Å². The molecule has 126 valence electrons. The zero-order valence-electron chi connectivity index (χ0n) is 13.3. The van der Waals surface area contributed by atoms with E-state index in [1.165, 1.54) is 19.1 Å². The summed E-state index contributed by atoms with van der Waals surface area (Å²) in [5.74, 6) is -0.0142. The van der Waals surface area contributed by atoms with Gasteiger partial charge in [0, 0.05) is 11.8 Å². The number of rotatable bonds is 4. The molecule has 0 aliphatic carbocycles. The number of carbonyl (C=O) groups excluding carboxylic acids is 2. The molecule has 1 atom stereocenters. The van der Waals surface area contributed by atoms with Crippen molar-refractivity contribution in [2.75, 3.05) is 12.1 Å². The van der Waals surface area contributed by atoms with Crippen LogP contribution in [0.3, 0.4) is 0 Å². The molecule has 1 aliphatic rings. The van der Waals surface area contributed by atoms with Gasteiger partial charge in [-0.1, -0.05) is 6.07 Å². The van der Waals surface area contributed by atoms with E-state index in [2.05, 4.69) is 5.32 Å². The second kappa shape index (κ2) is 6.93. The molecule has 25 heavy (non-hydrogen) atoms. The molecule has 1 aliphatic heterocycles. The van der Waals surface area contributed by atoms with Gasteiger partial charge in [-0.25, -0.2) is 4.79 Å². The van der Waals surface area contributed by atoms with Crippen molar-refractivity contribution >= 4 is 17.6 Å². The van der Waals surface area contributed by atoms with Gasteiger partial charge >= 0.3 is 5.97 Å². The first kappa shape index (κ1) is 16.3. The van der Waals surface area contributed by atoms with Crippen LogP contribution in [0.2, 0.25) is 0 Å². The lowest BCUT2D eigenvalue weighted by atomic mass is 10.1. The van der Waals surface area contributed by atoms with E-state index in [4.69, 9.17) is 19.5 Å². The van der Waals surface area contributed by atoms with Gasteiger partial charge in [-0.15, -0.1) is 0 Å². The molecule has 0 unspecified atom stereocenters. The molecule has 2 aromatic rings. The van der Waals surface area contributed by atoms with Crippen LogP contribution < -0.4 is 14.8 Å². The molecule has 0 radical (unpaired) electrons. The molecule has 0 saturated carbocycles. The number of fused-ring (bicyclic) bond motifs is 1. The van der Waals surface area contributed by atoms with Gasteiger partial charge in [0.2, 0.25) is 6.79 Å². The number of nitriles is 1. The summed E-state index contributed by atoms with van der Waals surface area (Å²) in [6, 6.07) is 13.0. The first-order valence-electron chi connectivity index (χ1n) is 7.48. The number of hydrogen-bond acceptors (Lipinski definition) is 6. The molecular formula is C18H14N2O5. The van der Waals surface area contributed by atoms with Crippen LogP contribution in [-0.4, -0.2) is 24.8 Å². The van der Waals surface area contributed by atoms with Crippen molar-refractivity contribution in [2.24, 2.45) is 0 Å². The van der Waals surface area contributed by atoms with E-state index in [-0.39, 0.29) is 12.4 Å². The van der Waals surface area contributed by atoms with Crippen LogP contribution >= 0.6 is 0 Å². The molecule has 7 heteroatoms. The number of nitrogens with zero attached hydrogens (tertiary/aromatic N) is 1. The largest absolute Gasteiger partial charge is 0.454 e. The molecule has 0 bridgehead atoms. The van der Waals surface area contributed by atoms with Gasteiger partial charge in [0.1, 0.15) is 0 Å². The smallest absolute Gasteiger partial charge is 0.338 e. The minimum absolute atomic E-state index is 0.141. The van der Waals surface area contributed by atoms with E-state index in [9.17, 15) is 9.59 Å². The molecule has 1 N–H and O–H groups in total. The quantitative estimate of drug-likeness (QED) is 0.860. The van der Waals surface area contributed by atoms with E-state index in [0.717, 1.165) is 0 Å². The number of anilines is 1. The van der Waals surface area contributed by atoms with Crippen LogP contribution in [0, 0.1) is 11.3 Å². The van der Waals surface area contributed by atoms with Crippen molar-refractivity contribution in [1.29, 1.82) is 5.26 Å². The maximum Gasteiger partial charge on any atom is 0.338 e. The van der Waals surface area contributed by atoms with Gasteiger partial charge in [0.25, 0.3) is 5.91 Å². The predicted molar refractivity (Wildman–Crippen MR) is 87.2 cm³/mol. The second-order valence-corrected chi connectivity index (χ2v) is 5.30. The molecule has 0 spiro atoms.